The first-order valence-electron chi connectivity index (χ1n) is 8.96. The highest BCUT2D eigenvalue weighted by atomic mass is 16.6. The Kier molecular flexibility index (Phi) is 8.75. The molecular formula is C18H25NO11. The lowest BCUT2D eigenvalue weighted by Crippen LogP contribution is -2.71. The zero-order valence-electron chi connectivity index (χ0n) is 17.5. The Morgan fingerprint density at radius 3 is 0.933 bits per heavy atom. The van der Waals surface area contributed by atoms with E-state index in [1.807, 2.05) is 0 Å². The van der Waals surface area contributed by atoms with Crippen LogP contribution in [0.4, 0.5) is 0 Å². The van der Waals surface area contributed by atoms with E-state index in [1.165, 1.54) is 0 Å². The minimum Gasteiger partial charge on any atom is -0.456 e. The van der Waals surface area contributed by atoms with Crippen LogP contribution >= 0.6 is 0 Å². The van der Waals surface area contributed by atoms with E-state index in [9.17, 15) is 28.8 Å². The topological polar surface area (TPSA) is 161 Å². The van der Waals surface area contributed by atoms with Crippen LogP contribution in [0.3, 0.4) is 0 Å². The Bertz CT molecular complexity index is 552. The fourth-order valence-corrected chi connectivity index (χ4v) is 3.20. The van der Waals surface area contributed by atoms with Crippen LogP contribution in [0.15, 0.2) is 0 Å². The summed E-state index contributed by atoms with van der Waals surface area (Å²) >= 11 is 0. The fraction of sp³-hybridized carbons (Fsp3) is 0.667. The Morgan fingerprint density at radius 1 is 0.467 bits per heavy atom. The van der Waals surface area contributed by atoms with E-state index in [2.05, 4.69) is 5.32 Å². The van der Waals surface area contributed by atoms with Gasteiger partial charge >= 0.3 is 29.8 Å². The van der Waals surface area contributed by atoms with Crippen LogP contribution in [0, 0.1) is 0 Å². The summed E-state index contributed by atoms with van der Waals surface area (Å²) in [5.41, 5.74) is 0. The van der Waals surface area contributed by atoms with Crippen LogP contribution in [0.2, 0.25) is 0 Å². The number of amides is 1. The molecule has 0 aromatic carbocycles. The molecule has 168 valence electrons. The second-order valence-corrected chi connectivity index (χ2v) is 6.60. The molecule has 1 N–H and O–H groups in total. The molecule has 1 fully saturated rings. The molecule has 1 saturated carbocycles. The van der Waals surface area contributed by atoms with Crippen LogP contribution < -0.4 is 5.32 Å². The third-order valence-electron chi connectivity index (χ3n) is 3.88. The Balaban J connectivity index is 3.66. The van der Waals surface area contributed by atoms with Gasteiger partial charge in [-0.15, -0.1) is 0 Å². The zero-order valence-corrected chi connectivity index (χ0v) is 17.5. The van der Waals surface area contributed by atoms with Gasteiger partial charge in [-0.1, -0.05) is 0 Å². The predicted molar refractivity (Wildman–Crippen MR) is 95.4 cm³/mol. The number of carbonyl (C=O) groups is 6. The van der Waals surface area contributed by atoms with Crippen molar-refractivity contribution in [3.05, 3.63) is 0 Å². The van der Waals surface area contributed by atoms with Crippen molar-refractivity contribution in [1.82, 2.24) is 5.32 Å². The maximum Gasteiger partial charge on any atom is 0.303 e. The molecule has 0 aromatic rings. The molecule has 0 aliphatic heterocycles. The average Bonchev–Trinajstić information content (AvgIpc) is 2.55. The third kappa shape index (κ3) is 7.01. The summed E-state index contributed by atoms with van der Waals surface area (Å²) in [6.07, 6.45) is -7.34. The largest absolute Gasteiger partial charge is 0.456 e. The van der Waals surface area contributed by atoms with Crippen molar-refractivity contribution < 1.29 is 52.5 Å². The van der Waals surface area contributed by atoms with Gasteiger partial charge in [0.1, 0.15) is 6.04 Å². The molecular weight excluding hydrogens is 406 g/mol. The minimum absolute atomic E-state index is 0.608. The highest BCUT2D eigenvalue weighted by Crippen LogP contribution is 2.33. The Hall–Kier alpha value is -3.18. The maximum absolute atomic E-state index is 11.8. The molecule has 6 atom stereocenters. The highest BCUT2D eigenvalue weighted by Gasteiger charge is 2.59. The second kappa shape index (κ2) is 10.6. The number of carbonyl (C=O) groups excluding carboxylic acids is 6. The van der Waals surface area contributed by atoms with Gasteiger partial charge in [0.2, 0.25) is 5.91 Å². The van der Waals surface area contributed by atoms with E-state index in [-0.39, 0.29) is 0 Å². The Morgan fingerprint density at radius 2 is 0.700 bits per heavy atom. The van der Waals surface area contributed by atoms with Gasteiger partial charge in [-0.3, -0.25) is 28.8 Å². The SMILES string of the molecule is CC(=O)NC1[C@@H](OC(C)=O)[C@H](OC(C)=O)C(OC(C)=O)[C@H](OC(C)=O)[C@H]1OC(C)=O. The lowest BCUT2D eigenvalue weighted by atomic mass is 9.82. The summed E-state index contributed by atoms with van der Waals surface area (Å²) in [5, 5.41) is 2.46. The van der Waals surface area contributed by atoms with E-state index < -0.39 is 72.3 Å². The normalized spacial score (nSPS) is 27.8. The summed E-state index contributed by atoms with van der Waals surface area (Å²) in [5.74, 6) is -4.74. The summed E-state index contributed by atoms with van der Waals surface area (Å²) < 4.78 is 26.1. The van der Waals surface area contributed by atoms with Crippen LogP contribution in [0.5, 0.6) is 0 Å². The van der Waals surface area contributed by atoms with Crippen molar-refractivity contribution in [3.8, 4) is 0 Å². The molecule has 12 nitrogen and oxygen atoms in total. The van der Waals surface area contributed by atoms with Gasteiger partial charge in [-0.25, -0.2) is 0 Å². The molecule has 0 bridgehead atoms. The molecule has 12 heteroatoms. The quantitative estimate of drug-likeness (QED) is 0.412. The summed E-state index contributed by atoms with van der Waals surface area (Å²) in [6.45, 7) is 6.45. The standard InChI is InChI=1S/C18H25NO11/c1-7(20)19-13-14(26-8(2)21)16(28-10(4)23)18(30-12(6)25)17(29-11(5)24)15(13)27-9(3)22/h13-18H,1-6H3,(H,19,20)/t13?,14-,15+,16+,17-,18?. The molecule has 1 aliphatic rings. The smallest absolute Gasteiger partial charge is 0.303 e. The van der Waals surface area contributed by atoms with Crippen molar-refractivity contribution in [2.75, 3.05) is 0 Å². The number of rotatable bonds is 6. The van der Waals surface area contributed by atoms with Gasteiger partial charge in [0.05, 0.1) is 0 Å². The van der Waals surface area contributed by atoms with Crippen molar-refractivity contribution in [3.63, 3.8) is 0 Å². The molecule has 30 heavy (non-hydrogen) atoms. The molecule has 0 radical (unpaired) electrons. The van der Waals surface area contributed by atoms with Crippen molar-refractivity contribution in [2.45, 2.75) is 78.1 Å². The van der Waals surface area contributed by atoms with E-state index in [0.29, 0.717) is 0 Å². The maximum atomic E-state index is 11.8. The number of ether oxygens (including phenoxy) is 5. The van der Waals surface area contributed by atoms with Gasteiger partial charge in [0, 0.05) is 41.5 Å². The van der Waals surface area contributed by atoms with Crippen LogP contribution in [0.1, 0.15) is 41.5 Å². The van der Waals surface area contributed by atoms with Crippen molar-refractivity contribution in [1.29, 1.82) is 0 Å². The van der Waals surface area contributed by atoms with Crippen molar-refractivity contribution in [2.24, 2.45) is 0 Å². The number of esters is 5. The number of hydrogen-bond donors (Lipinski definition) is 1. The molecule has 1 rings (SSSR count). The number of nitrogens with one attached hydrogen (secondary N) is 1. The number of hydrogen-bond acceptors (Lipinski definition) is 11. The zero-order chi connectivity index (χ0) is 23.2. The first-order valence-corrected chi connectivity index (χ1v) is 8.96. The molecule has 0 aromatic heterocycles. The van der Waals surface area contributed by atoms with Crippen LogP contribution in [0.25, 0.3) is 0 Å². The summed E-state index contributed by atoms with van der Waals surface area (Å²) in [6, 6.07) is -1.30. The molecule has 0 saturated heterocycles. The first-order chi connectivity index (χ1) is 13.8. The monoisotopic (exact) mass is 431 g/mol. The van der Waals surface area contributed by atoms with Crippen LogP contribution in [-0.2, 0) is 52.5 Å². The third-order valence-corrected chi connectivity index (χ3v) is 3.88. The average molecular weight is 431 g/mol. The predicted octanol–water partition coefficient (Wildman–Crippen LogP) is -0.837. The Labute approximate surface area is 172 Å². The van der Waals surface area contributed by atoms with E-state index in [4.69, 9.17) is 23.7 Å². The van der Waals surface area contributed by atoms with Crippen molar-refractivity contribution >= 4 is 35.8 Å². The molecule has 1 amide bonds. The minimum atomic E-state index is -1.51. The molecule has 1 aliphatic carbocycles. The second-order valence-electron chi connectivity index (χ2n) is 6.60. The van der Waals surface area contributed by atoms with Gasteiger partial charge < -0.3 is 29.0 Å². The van der Waals surface area contributed by atoms with Gasteiger partial charge in [0.15, 0.2) is 30.5 Å². The van der Waals surface area contributed by atoms with Crippen LogP contribution in [-0.4, -0.2) is 72.3 Å². The molecule has 2 unspecified atom stereocenters. The fourth-order valence-electron chi connectivity index (χ4n) is 3.20. The lowest BCUT2D eigenvalue weighted by Gasteiger charge is -2.47. The highest BCUT2D eigenvalue weighted by molar-refractivity contribution is 5.74. The van der Waals surface area contributed by atoms with E-state index in [1.54, 1.807) is 0 Å². The van der Waals surface area contributed by atoms with Gasteiger partial charge in [-0.05, 0) is 0 Å². The van der Waals surface area contributed by atoms with Gasteiger partial charge in [0.25, 0.3) is 0 Å². The summed E-state index contributed by atoms with van der Waals surface area (Å²) in [4.78, 5) is 70.3. The van der Waals surface area contributed by atoms with E-state index in [0.717, 1.165) is 41.5 Å². The van der Waals surface area contributed by atoms with E-state index >= 15 is 0 Å². The lowest BCUT2D eigenvalue weighted by molar-refractivity contribution is -0.237. The van der Waals surface area contributed by atoms with Gasteiger partial charge in [-0.2, -0.15) is 0 Å². The first kappa shape index (κ1) is 24.9. The summed E-state index contributed by atoms with van der Waals surface area (Å²) in [7, 11) is 0. The molecule has 0 heterocycles. The molecule has 0 spiro atoms.